The van der Waals surface area contributed by atoms with Crippen LogP contribution >= 0.6 is 11.8 Å². The van der Waals surface area contributed by atoms with Gasteiger partial charge >= 0.3 is 5.97 Å². The first-order valence-electron chi connectivity index (χ1n) is 11.0. The van der Waals surface area contributed by atoms with Gasteiger partial charge in [0.25, 0.3) is 0 Å². The second-order valence-electron chi connectivity index (χ2n) is 9.11. The number of aliphatic carboxylic acids is 1. The summed E-state index contributed by atoms with van der Waals surface area (Å²) in [4.78, 5) is 29.3. The molecule has 5 atom stereocenters. The average molecular weight is 424 g/mol. The number of nitrogens with zero attached hydrogens (tertiary/aromatic N) is 2. The summed E-state index contributed by atoms with van der Waals surface area (Å²) in [7, 11) is 0. The zero-order valence-corrected chi connectivity index (χ0v) is 18.2. The van der Waals surface area contributed by atoms with E-state index in [1.54, 1.807) is 18.7 Å². The summed E-state index contributed by atoms with van der Waals surface area (Å²) in [6.45, 7) is 9.09. The van der Waals surface area contributed by atoms with Crippen LogP contribution in [0.1, 0.15) is 39.5 Å². The van der Waals surface area contributed by atoms with Crippen molar-refractivity contribution in [2.24, 2.45) is 17.8 Å². The van der Waals surface area contributed by atoms with E-state index in [0.717, 1.165) is 56.4 Å². The first kappa shape index (κ1) is 21.2. The molecule has 0 bridgehead atoms. The molecule has 0 radical (unpaired) electrons. The van der Waals surface area contributed by atoms with Gasteiger partial charge in [-0.05, 0) is 58.2 Å². The fourth-order valence-corrected chi connectivity index (χ4v) is 7.14. The number of carboxylic acid groups (broad SMARTS) is 1. The molecule has 3 fully saturated rings. The van der Waals surface area contributed by atoms with E-state index in [9.17, 15) is 19.8 Å². The average Bonchev–Trinajstić information content (AvgIpc) is 2.91. The van der Waals surface area contributed by atoms with Gasteiger partial charge in [-0.25, -0.2) is 4.79 Å². The Labute approximate surface area is 176 Å². The van der Waals surface area contributed by atoms with Gasteiger partial charge in [0.1, 0.15) is 5.70 Å². The van der Waals surface area contributed by atoms with Crippen molar-refractivity contribution in [1.29, 1.82) is 0 Å². The number of hydrogen-bond acceptors (Lipinski definition) is 6. The number of β-lactam (4-membered cyclic amide) rings is 1. The first-order valence-corrected chi connectivity index (χ1v) is 11.8. The summed E-state index contributed by atoms with van der Waals surface area (Å²) in [6.07, 6.45) is 3.93. The number of thioether (sulfide) groups is 1. The van der Waals surface area contributed by atoms with Crippen LogP contribution in [-0.4, -0.2) is 82.0 Å². The maximum absolute atomic E-state index is 12.5. The molecule has 7 nitrogen and oxygen atoms in total. The normalized spacial score (nSPS) is 34.9. The highest BCUT2D eigenvalue weighted by atomic mass is 32.2. The molecule has 4 heterocycles. The molecule has 1 unspecified atom stereocenters. The van der Waals surface area contributed by atoms with Crippen molar-refractivity contribution >= 4 is 23.6 Å². The molecule has 162 valence electrons. The number of hydrogen-bond donors (Lipinski definition) is 3. The number of carbonyl (C=O) groups is 2. The molecule has 0 aliphatic carbocycles. The topological polar surface area (TPSA) is 93.1 Å². The van der Waals surface area contributed by atoms with Gasteiger partial charge in [0.05, 0.1) is 18.1 Å². The third kappa shape index (κ3) is 3.96. The molecule has 4 aliphatic heterocycles. The van der Waals surface area contributed by atoms with Crippen molar-refractivity contribution in [2.75, 3.05) is 32.7 Å². The zero-order chi connectivity index (χ0) is 20.7. The zero-order valence-electron chi connectivity index (χ0n) is 17.3. The van der Waals surface area contributed by atoms with E-state index in [1.807, 2.05) is 6.92 Å². The summed E-state index contributed by atoms with van der Waals surface area (Å²) >= 11 is 1.67. The van der Waals surface area contributed by atoms with Gasteiger partial charge < -0.3 is 25.3 Å². The van der Waals surface area contributed by atoms with Crippen molar-refractivity contribution in [3.63, 3.8) is 0 Å². The van der Waals surface area contributed by atoms with Crippen LogP contribution in [0.25, 0.3) is 0 Å². The van der Waals surface area contributed by atoms with Crippen molar-refractivity contribution in [2.45, 2.75) is 56.9 Å². The lowest BCUT2D eigenvalue weighted by Crippen LogP contribution is -2.63. The lowest BCUT2D eigenvalue weighted by molar-refractivity contribution is -0.163. The number of likely N-dealkylation sites (tertiary alicyclic amines) is 1. The number of aliphatic hydroxyl groups excluding tert-OH is 1. The third-order valence-corrected chi connectivity index (χ3v) is 8.58. The van der Waals surface area contributed by atoms with Gasteiger partial charge in [0.2, 0.25) is 5.91 Å². The first-order chi connectivity index (χ1) is 13.9. The van der Waals surface area contributed by atoms with Crippen LogP contribution in [0.2, 0.25) is 0 Å². The number of rotatable bonds is 6. The highest BCUT2D eigenvalue weighted by Crippen LogP contribution is 2.51. The SMILES string of the molecule is C[C@@H](O)[C@H]1C(=O)N2C(C(=O)O)=C(SC3CCCN(CC4CCNCC4)C3)[C@H](C)[C@H]12. The van der Waals surface area contributed by atoms with Crippen LogP contribution in [0, 0.1) is 17.8 Å². The highest BCUT2D eigenvalue weighted by molar-refractivity contribution is 8.03. The Hall–Kier alpha value is -1.09. The van der Waals surface area contributed by atoms with Crippen LogP contribution in [0.4, 0.5) is 0 Å². The molecule has 0 spiro atoms. The minimum atomic E-state index is -1.03. The van der Waals surface area contributed by atoms with E-state index >= 15 is 0 Å². The Morgan fingerprint density at radius 1 is 1.31 bits per heavy atom. The van der Waals surface area contributed by atoms with E-state index in [0.29, 0.717) is 5.25 Å². The van der Waals surface area contributed by atoms with Crippen molar-refractivity contribution < 1.29 is 19.8 Å². The minimum absolute atomic E-state index is 0.0387. The molecule has 29 heavy (non-hydrogen) atoms. The Kier molecular flexibility index (Phi) is 6.25. The van der Waals surface area contributed by atoms with Crippen LogP contribution in [-0.2, 0) is 9.59 Å². The molecule has 1 amide bonds. The Bertz CT molecular complexity index is 691. The van der Waals surface area contributed by atoms with Gasteiger partial charge in [0, 0.05) is 29.2 Å². The number of fused-ring (bicyclic) bond motifs is 1. The monoisotopic (exact) mass is 423 g/mol. The van der Waals surface area contributed by atoms with Gasteiger partial charge in [0.15, 0.2) is 0 Å². The summed E-state index contributed by atoms with van der Waals surface area (Å²) in [5.41, 5.74) is 0.157. The summed E-state index contributed by atoms with van der Waals surface area (Å²) < 4.78 is 0. The molecule has 4 aliphatic rings. The second kappa shape index (κ2) is 8.57. The van der Waals surface area contributed by atoms with E-state index < -0.39 is 18.0 Å². The van der Waals surface area contributed by atoms with Crippen molar-refractivity contribution in [1.82, 2.24) is 15.1 Å². The summed E-state index contributed by atoms with van der Waals surface area (Å²) in [6, 6.07) is -0.217. The van der Waals surface area contributed by atoms with Gasteiger partial charge in [-0.3, -0.25) is 4.79 Å². The molecule has 8 heteroatoms. The second-order valence-corrected chi connectivity index (χ2v) is 10.4. The van der Waals surface area contributed by atoms with Crippen molar-refractivity contribution in [3.8, 4) is 0 Å². The van der Waals surface area contributed by atoms with E-state index in [1.165, 1.54) is 17.7 Å². The molecule has 4 rings (SSSR count). The fraction of sp³-hybridized carbons (Fsp3) is 0.810. The number of nitrogens with one attached hydrogen (secondary N) is 1. The molecule has 0 saturated carbocycles. The molecule has 0 aromatic carbocycles. The smallest absolute Gasteiger partial charge is 0.353 e. The third-order valence-electron chi connectivity index (χ3n) is 7.04. The van der Waals surface area contributed by atoms with E-state index in [4.69, 9.17) is 0 Å². The summed E-state index contributed by atoms with van der Waals surface area (Å²) in [5, 5.41) is 23.6. The van der Waals surface area contributed by atoms with Gasteiger partial charge in [-0.15, -0.1) is 11.8 Å². The number of carbonyl (C=O) groups excluding carboxylic acids is 1. The number of piperidine rings is 2. The number of carboxylic acids is 1. The van der Waals surface area contributed by atoms with Crippen LogP contribution in [0.15, 0.2) is 10.6 Å². The quantitative estimate of drug-likeness (QED) is 0.555. The largest absolute Gasteiger partial charge is 0.477 e. The van der Waals surface area contributed by atoms with Gasteiger partial charge in [-0.2, -0.15) is 0 Å². The number of aliphatic hydroxyl groups is 1. The highest BCUT2D eigenvalue weighted by Gasteiger charge is 2.60. The Morgan fingerprint density at radius 2 is 2.03 bits per heavy atom. The molecule has 0 aromatic rings. The fourth-order valence-electron chi connectivity index (χ4n) is 5.56. The molecule has 0 aromatic heterocycles. The molecular weight excluding hydrogens is 390 g/mol. The summed E-state index contributed by atoms with van der Waals surface area (Å²) in [5.74, 6) is -1.04. The maximum atomic E-state index is 12.5. The standard InChI is InChI=1S/C21H33N3O4S/c1-12-17-16(13(2)25)20(26)24(17)18(21(27)28)19(12)29-15-4-3-9-23(11-15)10-14-5-7-22-8-6-14/h12-17,22,25H,3-11H2,1-2H3,(H,27,28)/t12-,13-,15?,16-,17-/m1/s1. The predicted octanol–water partition coefficient (Wildman–Crippen LogP) is 1.34. The number of amides is 1. The van der Waals surface area contributed by atoms with E-state index in [-0.39, 0.29) is 23.6 Å². The maximum Gasteiger partial charge on any atom is 0.353 e. The van der Waals surface area contributed by atoms with Gasteiger partial charge in [-0.1, -0.05) is 6.92 Å². The predicted molar refractivity (Wildman–Crippen MR) is 112 cm³/mol. The van der Waals surface area contributed by atoms with Crippen molar-refractivity contribution in [3.05, 3.63) is 10.6 Å². The van der Waals surface area contributed by atoms with Crippen LogP contribution < -0.4 is 5.32 Å². The Balaban J connectivity index is 1.44. The Morgan fingerprint density at radius 3 is 2.69 bits per heavy atom. The molecule has 3 saturated heterocycles. The molecular formula is C21H33N3O4S. The lowest BCUT2D eigenvalue weighted by atomic mass is 9.79. The lowest BCUT2D eigenvalue weighted by Gasteiger charge is -2.46. The minimum Gasteiger partial charge on any atom is -0.477 e. The van der Waals surface area contributed by atoms with Crippen LogP contribution in [0.5, 0.6) is 0 Å². The molecule has 3 N–H and O–H groups in total. The van der Waals surface area contributed by atoms with E-state index in [2.05, 4.69) is 10.2 Å². The van der Waals surface area contributed by atoms with Crippen LogP contribution in [0.3, 0.4) is 0 Å².